The Bertz CT molecular complexity index is 759. The summed E-state index contributed by atoms with van der Waals surface area (Å²) in [6.45, 7) is 3.00. The van der Waals surface area contributed by atoms with Gasteiger partial charge in [-0.2, -0.15) is 4.31 Å². The minimum atomic E-state index is -3.64. The van der Waals surface area contributed by atoms with Crippen molar-refractivity contribution in [3.05, 3.63) is 23.8 Å². The van der Waals surface area contributed by atoms with Crippen LogP contribution in [-0.2, 0) is 20.0 Å². The predicted molar refractivity (Wildman–Crippen MR) is 90.9 cm³/mol. The Labute approximate surface area is 144 Å². The summed E-state index contributed by atoms with van der Waals surface area (Å²) in [5, 5.41) is 3.13. The van der Waals surface area contributed by atoms with Crippen LogP contribution in [0.1, 0.15) is 12.0 Å². The third-order valence-electron chi connectivity index (χ3n) is 3.93. The number of aryl methyl sites for hydroxylation is 1. The second kappa shape index (κ2) is 7.45. The molecule has 1 heterocycles. The number of benzene rings is 1. The van der Waals surface area contributed by atoms with E-state index in [1.807, 2.05) is 0 Å². The molecule has 23 heavy (non-hydrogen) atoms. The third-order valence-corrected chi connectivity index (χ3v) is 7.41. The van der Waals surface area contributed by atoms with Crippen molar-refractivity contribution < 1.29 is 16.8 Å². The molecule has 0 aromatic heterocycles. The number of sulfonamides is 2. The van der Waals surface area contributed by atoms with E-state index in [2.05, 4.69) is 10.0 Å². The highest BCUT2D eigenvalue weighted by molar-refractivity contribution is 7.89. The molecule has 7 nitrogen and oxygen atoms in total. The lowest BCUT2D eigenvalue weighted by Crippen LogP contribution is -2.38. The van der Waals surface area contributed by atoms with Crippen molar-refractivity contribution in [1.82, 2.24) is 14.3 Å². The highest BCUT2D eigenvalue weighted by Gasteiger charge is 2.30. The standard InChI is InChI=1S/C13H21N3O4S2.ClH/c1-10-8-12(4-5-13(10)21(17,18)14-2)22(19,20)16(3)11-6-7-15-9-11;/h4-5,8,11,14-15H,6-7,9H2,1-3H3;1H. The van der Waals surface area contributed by atoms with Crippen molar-refractivity contribution in [2.24, 2.45) is 0 Å². The van der Waals surface area contributed by atoms with E-state index in [9.17, 15) is 16.8 Å². The van der Waals surface area contributed by atoms with Crippen LogP contribution in [-0.4, -0.2) is 54.4 Å². The van der Waals surface area contributed by atoms with Crippen molar-refractivity contribution in [2.75, 3.05) is 27.2 Å². The molecule has 2 N–H and O–H groups in total. The number of likely N-dealkylation sites (N-methyl/N-ethyl adjacent to an activating group) is 1. The smallest absolute Gasteiger partial charge is 0.243 e. The molecular formula is C13H22ClN3O4S2. The van der Waals surface area contributed by atoms with Gasteiger partial charge in [0.25, 0.3) is 0 Å². The average Bonchev–Trinajstić information content (AvgIpc) is 3.00. The van der Waals surface area contributed by atoms with Crippen LogP contribution in [0.5, 0.6) is 0 Å². The van der Waals surface area contributed by atoms with Crippen LogP contribution in [0.3, 0.4) is 0 Å². The number of halogens is 1. The zero-order valence-electron chi connectivity index (χ0n) is 13.2. The van der Waals surface area contributed by atoms with Crippen molar-refractivity contribution in [2.45, 2.75) is 29.2 Å². The Morgan fingerprint density at radius 2 is 1.91 bits per heavy atom. The fourth-order valence-electron chi connectivity index (χ4n) is 2.51. The summed E-state index contributed by atoms with van der Waals surface area (Å²) < 4.78 is 52.5. The molecule has 0 radical (unpaired) electrons. The van der Waals surface area contributed by atoms with Gasteiger partial charge in [-0.25, -0.2) is 21.6 Å². The molecule has 1 saturated heterocycles. The summed E-state index contributed by atoms with van der Waals surface area (Å²) in [6.07, 6.45) is 0.765. The maximum absolute atomic E-state index is 12.6. The van der Waals surface area contributed by atoms with Crippen molar-refractivity contribution in [3.8, 4) is 0 Å². The second-order valence-corrected chi connectivity index (χ2v) is 9.16. The normalized spacial score (nSPS) is 18.9. The zero-order valence-corrected chi connectivity index (χ0v) is 15.7. The van der Waals surface area contributed by atoms with Gasteiger partial charge < -0.3 is 5.32 Å². The largest absolute Gasteiger partial charge is 0.315 e. The Kier molecular flexibility index (Phi) is 6.59. The minimum absolute atomic E-state index is 0. The van der Waals surface area contributed by atoms with Crippen LogP contribution in [0, 0.1) is 6.92 Å². The molecule has 0 saturated carbocycles. The molecule has 1 aromatic rings. The molecule has 132 valence electrons. The molecule has 1 atom stereocenters. The monoisotopic (exact) mass is 383 g/mol. The van der Waals surface area contributed by atoms with Gasteiger partial charge >= 0.3 is 0 Å². The highest BCUT2D eigenvalue weighted by atomic mass is 35.5. The SMILES string of the molecule is CNS(=O)(=O)c1ccc(S(=O)(=O)N(C)C2CCNC2)cc1C.Cl. The lowest BCUT2D eigenvalue weighted by atomic mass is 10.2. The quantitative estimate of drug-likeness (QED) is 0.762. The summed E-state index contributed by atoms with van der Waals surface area (Å²) in [4.78, 5) is 0.189. The molecule has 0 aliphatic carbocycles. The summed E-state index contributed by atoms with van der Waals surface area (Å²) >= 11 is 0. The molecule has 10 heteroatoms. The summed E-state index contributed by atoms with van der Waals surface area (Å²) in [6, 6.07) is 3.99. The number of rotatable bonds is 5. The van der Waals surface area contributed by atoms with Gasteiger partial charge in [-0.05, 0) is 50.7 Å². The van der Waals surface area contributed by atoms with E-state index in [4.69, 9.17) is 0 Å². The van der Waals surface area contributed by atoms with Crippen molar-refractivity contribution >= 4 is 32.5 Å². The van der Waals surface area contributed by atoms with E-state index < -0.39 is 20.0 Å². The number of hydrogen-bond donors (Lipinski definition) is 2. The molecule has 0 amide bonds. The van der Waals surface area contributed by atoms with Crippen LogP contribution in [0.4, 0.5) is 0 Å². The molecule has 1 aliphatic rings. The van der Waals surface area contributed by atoms with E-state index >= 15 is 0 Å². The maximum atomic E-state index is 12.6. The first-order valence-corrected chi connectivity index (χ1v) is 9.85. The zero-order chi connectivity index (χ0) is 16.5. The van der Waals surface area contributed by atoms with E-state index in [-0.39, 0.29) is 28.2 Å². The molecule has 1 aliphatic heterocycles. The van der Waals surface area contributed by atoms with Crippen LogP contribution >= 0.6 is 12.4 Å². The lowest BCUT2D eigenvalue weighted by Gasteiger charge is -2.23. The number of hydrogen-bond acceptors (Lipinski definition) is 5. The van der Waals surface area contributed by atoms with Crippen LogP contribution < -0.4 is 10.0 Å². The first-order chi connectivity index (χ1) is 10.2. The van der Waals surface area contributed by atoms with Gasteiger partial charge in [0, 0.05) is 19.6 Å². The van der Waals surface area contributed by atoms with Crippen LogP contribution in [0.15, 0.2) is 28.0 Å². The number of nitrogens with zero attached hydrogens (tertiary/aromatic N) is 1. The Morgan fingerprint density at radius 1 is 1.26 bits per heavy atom. The fraction of sp³-hybridized carbons (Fsp3) is 0.538. The van der Waals surface area contributed by atoms with Gasteiger partial charge in [-0.3, -0.25) is 0 Å². The third kappa shape index (κ3) is 4.04. The Morgan fingerprint density at radius 3 is 2.39 bits per heavy atom. The summed E-state index contributed by atoms with van der Waals surface area (Å²) in [5.41, 5.74) is 0.397. The molecule has 1 fully saturated rings. The molecule has 1 unspecified atom stereocenters. The Hall–Kier alpha value is -0.710. The molecular weight excluding hydrogens is 362 g/mol. The van der Waals surface area contributed by atoms with Crippen molar-refractivity contribution in [3.63, 3.8) is 0 Å². The topological polar surface area (TPSA) is 95.6 Å². The second-order valence-electron chi connectivity index (χ2n) is 5.30. The van der Waals surface area contributed by atoms with Gasteiger partial charge in [-0.15, -0.1) is 12.4 Å². The lowest BCUT2D eigenvalue weighted by molar-refractivity contribution is 0.387. The van der Waals surface area contributed by atoms with Crippen LogP contribution in [0.25, 0.3) is 0 Å². The Balaban J connectivity index is 0.00000264. The van der Waals surface area contributed by atoms with Gasteiger partial charge in [0.1, 0.15) is 0 Å². The highest BCUT2D eigenvalue weighted by Crippen LogP contribution is 2.23. The predicted octanol–water partition coefficient (Wildman–Crippen LogP) is 0.307. The molecule has 2 rings (SSSR count). The van der Waals surface area contributed by atoms with E-state index in [1.54, 1.807) is 14.0 Å². The average molecular weight is 384 g/mol. The fourth-order valence-corrected chi connectivity index (χ4v) is 4.93. The van der Waals surface area contributed by atoms with Gasteiger partial charge in [0.05, 0.1) is 9.79 Å². The van der Waals surface area contributed by atoms with E-state index in [0.717, 1.165) is 13.0 Å². The van der Waals surface area contributed by atoms with Gasteiger partial charge in [0.15, 0.2) is 0 Å². The van der Waals surface area contributed by atoms with Crippen molar-refractivity contribution in [1.29, 1.82) is 0 Å². The van der Waals surface area contributed by atoms with E-state index in [0.29, 0.717) is 12.1 Å². The first-order valence-electron chi connectivity index (χ1n) is 6.93. The maximum Gasteiger partial charge on any atom is 0.243 e. The number of nitrogens with one attached hydrogen (secondary N) is 2. The molecule has 0 spiro atoms. The first kappa shape index (κ1) is 20.3. The summed E-state index contributed by atoms with van der Waals surface area (Å²) in [7, 11) is -4.36. The van der Waals surface area contributed by atoms with Crippen LogP contribution in [0.2, 0.25) is 0 Å². The molecule has 1 aromatic carbocycles. The minimum Gasteiger partial charge on any atom is -0.315 e. The molecule has 0 bridgehead atoms. The summed E-state index contributed by atoms with van der Waals surface area (Å²) in [5.74, 6) is 0. The van der Waals surface area contributed by atoms with E-state index in [1.165, 1.54) is 29.6 Å². The van der Waals surface area contributed by atoms with Gasteiger partial charge in [-0.1, -0.05) is 0 Å². The van der Waals surface area contributed by atoms with Gasteiger partial charge in [0.2, 0.25) is 20.0 Å².